The van der Waals surface area contributed by atoms with E-state index >= 15 is 0 Å². The van der Waals surface area contributed by atoms with E-state index in [1.165, 1.54) is 7.11 Å². The van der Waals surface area contributed by atoms with Gasteiger partial charge in [-0.25, -0.2) is 9.59 Å². The highest BCUT2D eigenvalue weighted by Gasteiger charge is 2.44. The Morgan fingerprint density at radius 1 is 0.963 bits per heavy atom. The fourth-order valence-corrected chi connectivity index (χ4v) is 9.38. The van der Waals surface area contributed by atoms with Gasteiger partial charge in [-0.3, -0.25) is 0 Å². The fourth-order valence-electron chi connectivity index (χ4n) is 3.88. The number of ether oxygens (including phenoxy) is 2. The van der Waals surface area contributed by atoms with Gasteiger partial charge in [0.15, 0.2) is 8.32 Å². The molecule has 7 heteroatoms. The lowest BCUT2D eigenvalue weighted by Crippen LogP contribution is -2.48. The first-order valence-electron chi connectivity index (χ1n) is 9.99. The third-order valence-corrected chi connectivity index (χ3v) is 11.0. The lowest BCUT2D eigenvalue weighted by atomic mass is 10.1. The second-order valence-corrected chi connectivity index (χ2v) is 14.5. The zero-order valence-corrected chi connectivity index (χ0v) is 20.0. The highest BCUT2D eigenvalue weighted by atomic mass is 28.4. The molecule has 0 unspecified atom stereocenters. The first kappa shape index (κ1) is 25.9. The van der Waals surface area contributed by atoms with Gasteiger partial charge in [0.2, 0.25) is 0 Å². The molecule has 6 nitrogen and oxygen atoms in total. The van der Waals surface area contributed by atoms with Crippen LogP contribution in [0.15, 0.2) is 0 Å². The van der Waals surface area contributed by atoms with E-state index < -0.39 is 32.0 Å². The van der Waals surface area contributed by atoms with Crippen molar-refractivity contribution in [3.05, 3.63) is 0 Å². The Labute approximate surface area is 166 Å². The summed E-state index contributed by atoms with van der Waals surface area (Å²) in [6.45, 7) is 19.4. The number of esters is 1. The maximum absolute atomic E-state index is 12.0. The van der Waals surface area contributed by atoms with Gasteiger partial charge in [0.25, 0.3) is 0 Å². The second-order valence-electron chi connectivity index (χ2n) is 9.03. The van der Waals surface area contributed by atoms with Crippen LogP contribution in [0.5, 0.6) is 0 Å². The van der Waals surface area contributed by atoms with Gasteiger partial charge in [-0.1, -0.05) is 41.5 Å². The third kappa shape index (κ3) is 8.21. The Morgan fingerprint density at radius 2 is 1.44 bits per heavy atom. The summed E-state index contributed by atoms with van der Waals surface area (Å²) in [7, 11) is -0.611. The second kappa shape index (κ2) is 11.0. The molecule has 0 aliphatic rings. The molecular formula is C20H41NO5Si. The molecule has 0 saturated carbocycles. The molecule has 0 aliphatic heterocycles. The molecule has 0 heterocycles. The number of hydrogen-bond acceptors (Lipinski definition) is 5. The maximum Gasteiger partial charge on any atom is 0.408 e. The van der Waals surface area contributed by atoms with Gasteiger partial charge < -0.3 is 19.2 Å². The summed E-state index contributed by atoms with van der Waals surface area (Å²) in [5.41, 5.74) is 0.904. The number of methoxy groups -OCH3 is 1. The molecule has 0 rings (SSSR count). The number of hydrogen-bond donors (Lipinski definition) is 1. The number of carbonyl (C=O) groups excluding carboxylic acids is 2. The van der Waals surface area contributed by atoms with Crippen molar-refractivity contribution in [2.24, 2.45) is 0 Å². The Kier molecular flexibility index (Phi) is 10.6. The summed E-state index contributed by atoms with van der Waals surface area (Å²) in [5, 5.41) is 2.61. The average molecular weight is 404 g/mol. The molecule has 1 amide bonds. The summed E-state index contributed by atoms with van der Waals surface area (Å²) in [6, 6.07) is -0.735. The number of carbonyl (C=O) groups is 2. The molecule has 0 saturated heterocycles. The molecule has 0 fully saturated rings. The van der Waals surface area contributed by atoms with Crippen molar-refractivity contribution < 1.29 is 23.5 Å². The molecule has 0 spiro atoms. The molecule has 0 aromatic carbocycles. The van der Waals surface area contributed by atoms with Crippen LogP contribution in [0.1, 0.15) is 75.2 Å². The van der Waals surface area contributed by atoms with Crippen molar-refractivity contribution >= 4 is 20.4 Å². The van der Waals surface area contributed by atoms with Crippen LogP contribution in [0.25, 0.3) is 0 Å². The van der Waals surface area contributed by atoms with Crippen LogP contribution in [0, 0.1) is 0 Å². The van der Waals surface area contributed by atoms with Crippen LogP contribution in [-0.4, -0.2) is 45.7 Å². The van der Waals surface area contributed by atoms with E-state index in [9.17, 15) is 9.59 Å². The summed E-state index contributed by atoms with van der Waals surface area (Å²) >= 11 is 0. The fraction of sp³-hybridized carbons (Fsp3) is 0.900. The first-order valence-corrected chi connectivity index (χ1v) is 12.1. The van der Waals surface area contributed by atoms with Crippen LogP contribution >= 0.6 is 0 Å². The first-order chi connectivity index (χ1) is 12.3. The van der Waals surface area contributed by atoms with E-state index in [4.69, 9.17) is 13.9 Å². The minimum atomic E-state index is -1.93. The van der Waals surface area contributed by atoms with Crippen molar-refractivity contribution in [2.75, 3.05) is 13.7 Å². The average Bonchev–Trinajstić information content (AvgIpc) is 2.49. The van der Waals surface area contributed by atoms with Crippen molar-refractivity contribution in [1.82, 2.24) is 5.32 Å². The Bertz CT molecular complexity index is 450. The van der Waals surface area contributed by atoms with Gasteiger partial charge in [0, 0.05) is 6.61 Å². The van der Waals surface area contributed by atoms with Gasteiger partial charge in [-0.2, -0.15) is 0 Å². The van der Waals surface area contributed by atoms with Crippen molar-refractivity contribution in [3.8, 4) is 0 Å². The Morgan fingerprint density at radius 3 is 1.81 bits per heavy atom. The number of nitrogens with one attached hydrogen (secondary N) is 1. The topological polar surface area (TPSA) is 73.9 Å². The highest BCUT2D eigenvalue weighted by Crippen LogP contribution is 2.42. The van der Waals surface area contributed by atoms with Crippen LogP contribution < -0.4 is 5.32 Å². The highest BCUT2D eigenvalue weighted by molar-refractivity contribution is 6.77. The van der Waals surface area contributed by atoms with Crippen molar-refractivity contribution in [2.45, 2.75) is 103 Å². The Hall–Kier alpha value is -1.08. The van der Waals surface area contributed by atoms with Crippen molar-refractivity contribution in [1.29, 1.82) is 0 Å². The number of rotatable bonds is 10. The predicted molar refractivity (Wildman–Crippen MR) is 111 cm³/mol. The van der Waals surface area contributed by atoms with E-state index in [-0.39, 0.29) is 0 Å². The zero-order valence-electron chi connectivity index (χ0n) is 19.0. The van der Waals surface area contributed by atoms with Gasteiger partial charge in [0.1, 0.15) is 11.6 Å². The lowest BCUT2D eigenvalue weighted by molar-refractivity contribution is -0.143. The smallest absolute Gasteiger partial charge is 0.408 e. The van der Waals surface area contributed by atoms with Crippen LogP contribution in [0.2, 0.25) is 16.6 Å². The van der Waals surface area contributed by atoms with Gasteiger partial charge in [0.05, 0.1) is 7.11 Å². The summed E-state index contributed by atoms with van der Waals surface area (Å²) < 4.78 is 16.6. The number of amides is 1. The summed E-state index contributed by atoms with van der Waals surface area (Å²) in [4.78, 5) is 24.0. The molecule has 0 radical (unpaired) electrons. The van der Waals surface area contributed by atoms with Crippen LogP contribution in [-0.2, 0) is 18.7 Å². The third-order valence-electron chi connectivity index (χ3n) is 4.87. The van der Waals surface area contributed by atoms with E-state index in [1.54, 1.807) is 20.8 Å². The molecule has 160 valence electrons. The Balaban J connectivity index is 4.86. The monoisotopic (exact) mass is 403 g/mol. The number of alkyl carbamates (subject to hydrolysis) is 1. The quantitative estimate of drug-likeness (QED) is 0.315. The molecule has 0 aromatic rings. The molecular weight excluding hydrogens is 362 g/mol. The molecule has 27 heavy (non-hydrogen) atoms. The van der Waals surface area contributed by atoms with Crippen LogP contribution in [0.3, 0.4) is 0 Å². The minimum absolute atomic E-state index is 0.449. The minimum Gasteiger partial charge on any atom is -0.467 e. The predicted octanol–water partition coefficient (Wildman–Crippen LogP) is 5.03. The SMILES string of the molecule is COC(=O)[C@@H](CCCO[Si](C(C)C)(C(C)C)C(C)C)NC(=O)OC(C)(C)C. The summed E-state index contributed by atoms with van der Waals surface area (Å²) in [5.74, 6) is -0.471. The van der Waals surface area contributed by atoms with E-state index in [0.29, 0.717) is 36.1 Å². The molecule has 1 atom stereocenters. The van der Waals surface area contributed by atoms with E-state index in [1.807, 2.05) is 0 Å². The maximum atomic E-state index is 12.0. The summed E-state index contributed by atoms with van der Waals surface area (Å²) in [6.07, 6.45) is 0.496. The normalized spacial score (nSPS) is 13.8. The standard InChI is InChI=1S/C20H41NO5Si/c1-14(2)27(15(3)4,16(5)6)25-13-11-12-17(18(22)24-10)21-19(23)26-20(7,8)9/h14-17H,11-13H2,1-10H3,(H,21,23)/t17-/m1/s1. The van der Waals surface area contributed by atoms with Crippen molar-refractivity contribution in [3.63, 3.8) is 0 Å². The van der Waals surface area contributed by atoms with Gasteiger partial charge >= 0.3 is 12.1 Å². The largest absolute Gasteiger partial charge is 0.467 e. The van der Waals surface area contributed by atoms with Crippen LogP contribution in [0.4, 0.5) is 4.79 Å². The van der Waals surface area contributed by atoms with E-state index in [0.717, 1.165) is 0 Å². The molecule has 0 aliphatic carbocycles. The van der Waals surface area contributed by atoms with E-state index in [2.05, 4.69) is 46.9 Å². The molecule has 0 bridgehead atoms. The lowest BCUT2D eigenvalue weighted by Gasteiger charge is -2.42. The van der Waals surface area contributed by atoms with Gasteiger partial charge in [-0.05, 0) is 50.2 Å². The molecule has 0 aromatic heterocycles. The zero-order chi connectivity index (χ0) is 21.4. The molecule has 1 N–H and O–H groups in total. The van der Waals surface area contributed by atoms with Gasteiger partial charge in [-0.15, -0.1) is 0 Å².